The highest BCUT2D eigenvalue weighted by Gasteiger charge is 2.22. The van der Waals surface area contributed by atoms with Crippen molar-refractivity contribution < 1.29 is 23.1 Å². The lowest BCUT2D eigenvalue weighted by atomic mass is 10.1. The van der Waals surface area contributed by atoms with Crippen LogP contribution in [0.5, 0.6) is 0 Å². The lowest BCUT2D eigenvalue weighted by Gasteiger charge is -2.20. The van der Waals surface area contributed by atoms with Crippen molar-refractivity contribution >= 4 is 21.9 Å². The predicted molar refractivity (Wildman–Crippen MR) is 85.7 cm³/mol. The molecule has 1 amide bonds. The van der Waals surface area contributed by atoms with Crippen molar-refractivity contribution in [2.75, 3.05) is 13.6 Å². The molecular formula is C15H22N2O5S. The van der Waals surface area contributed by atoms with Crippen LogP contribution in [0.4, 0.5) is 0 Å². The number of sulfonamides is 1. The second-order valence-corrected chi connectivity index (χ2v) is 7.93. The monoisotopic (exact) mass is 342 g/mol. The van der Waals surface area contributed by atoms with Crippen molar-refractivity contribution in [2.24, 2.45) is 0 Å². The summed E-state index contributed by atoms with van der Waals surface area (Å²) in [5.74, 6) is -1.35. The van der Waals surface area contributed by atoms with Crippen molar-refractivity contribution in [2.45, 2.75) is 37.6 Å². The van der Waals surface area contributed by atoms with E-state index >= 15 is 0 Å². The van der Waals surface area contributed by atoms with Crippen molar-refractivity contribution in [1.82, 2.24) is 9.62 Å². The van der Waals surface area contributed by atoms with E-state index in [1.165, 1.54) is 36.2 Å². The molecule has 1 aromatic rings. The molecule has 23 heavy (non-hydrogen) atoms. The van der Waals surface area contributed by atoms with E-state index in [0.717, 1.165) is 0 Å². The molecule has 8 heteroatoms. The highest BCUT2D eigenvalue weighted by molar-refractivity contribution is 7.89. The molecule has 128 valence electrons. The first kappa shape index (κ1) is 19.1. The largest absolute Gasteiger partial charge is 0.481 e. The summed E-state index contributed by atoms with van der Waals surface area (Å²) < 4.78 is 26.9. The number of nitrogens with zero attached hydrogens (tertiary/aromatic N) is 1. The maximum Gasteiger partial charge on any atom is 0.305 e. The molecule has 0 aliphatic rings. The van der Waals surface area contributed by atoms with Crippen LogP contribution in [-0.2, 0) is 14.8 Å². The normalized spacial score (nSPS) is 12.0. The SMILES string of the molecule is CN(CCC(=O)O)C(=O)c1ccc(S(=O)(=O)NC(C)(C)C)cc1. The predicted octanol–water partition coefficient (Wildman–Crippen LogP) is 1.31. The zero-order valence-corrected chi connectivity index (χ0v) is 14.5. The van der Waals surface area contributed by atoms with E-state index in [0.29, 0.717) is 5.56 Å². The van der Waals surface area contributed by atoms with Crippen LogP contribution in [-0.4, -0.2) is 49.4 Å². The molecule has 0 aliphatic heterocycles. The first-order valence-electron chi connectivity index (χ1n) is 7.04. The third kappa shape index (κ3) is 5.99. The Morgan fingerprint density at radius 3 is 2.13 bits per heavy atom. The van der Waals surface area contributed by atoms with Gasteiger partial charge in [-0.1, -0.05) is 0 Å². The Bertz CT molecular complexity index is 675. The number of carbonyl (C=O) groups excluding carboxylic acids is 1. The smallest absolute Gasteiger partial charge is 0.305 e. The summed E-state index contributed by atoms with van der Waals surface area (Å²) in [6.45, 7) is 5.29. The zero-order valence-electron chi connectivity index (χ0n) is 13.7. The van der Waals surface area contributed by atoms with Crippen LogP contribution in [0.15, 0.2) is 29.2 Å². The van der Waals surface area contributed by atoms with Gasteiger partial charge in [0.05, 0.1) is 11.3 Å². The highest BCUT2D eigenvalue weighted by Crippen LogP contribution is 2.14. The van der Waals surface area contributed by atoms with Crippen molar-refractivity contribution in [1.29, 1.82) is 0 Å². The molecule has 0 fully saturated rings. The average molecular weight is 342 g/mol. The van der Waals surface area contributed by atoms with Gasteiger partial charge in [0.15, 0.2) is 0 Å². The van der Waals surface area contributed by atoms with Gasteiger partial charge in [0.25, 0.3) is 5.91 Å². The van der Waals surface area contributed by atoms with E-state index in [1.807, 2.05) is 0 Å². The molecule has 0 saturated heterocycles. The number of aliphatic carboxylic acids is 1. The van der Waals surface area contributed by atoms with Crippen LogP contribution in [0.1, 0.15) is 37.6 Å². The van der Waals surface area contributed by atoms with E-state index < -0.39 is 21.5 Å². The Morgan fingerprint density at radius 2 is 1.70 bits per heavy atom. The molecule has 1 aromatic carbocycles. The summed E-state index contributed by atoms with van der Waals surface area (Å²) in [6.07, 6.45) is -0.149. The molecular weight excluding hydrogens is 320 g/mol. The Hall–Kier alpha value is -1.93. The van der Waals surface area contributed by atoms with Crippen LogP contribution in [0.2, 0.25) is 0 Å². The Labute approximate surface area is 136 Å². The number of rotatable bonds is 6. The lowest BCUT2D eigenvalue weighted by molar-refractivity contribution is -0.137. The standard InChI is InChI=1S/C15H22N2O5S/c1-15(2,3)16-23(21,22)12-7-5-11(6-8-12)14(20)17(4)10-9-13(18)19/h5-8,16H,9-10H2,1-4H3,(H,18,19). The second-order valence-electron chi connectivity index (χ2n) is 6.25. The van der Waals surface area contributed by atoms with E-state index in [2.05, 4.69) is 4.72 Å². The van der Waals surface area contributed by atoms with Crippen LogP contribution >= 0.6 is 0 Å². The van der Waals surface area contributed by atoms with Gasteiger partial charge in [-0.05, 0) is 45.0 Å². The van der Waals surface area contributed by atoms with Gasteiger partial charge in [-0.3, -0.25) is 9.59 Å². The number of benzene rings is 1. The quantitative estimate of drug-likeness (QED) is 0.811. The minimum absolute atomic E-state index is 0.0668. The maximum atomic E-state index is 12.2. The second kappa shape index (κ2) is 7.10. The lowest BCUT2D eigenvalue weighted by Crippen LogP contribution is -2.40. The summed E-state index contributed by atoms with van der Waals surface area (Å²) in [7, 11) is -2.16. The minimum atomic E-state index is -3.65. The van der Waals surface area contributed by atoms with Crippen LogP contribution in [0.3, 0.4) is 0 Å². The fraction of sp³-hybridized carbons (Fsp3) is 0.467. The third-order valence-corrected chi connectivity index (χ3v) is 4.63. The summed E-state index contributed by atoms with van der Waals surface area (Å²) >= 11 is 0. The molecule has 0 aliphatic carbocycles. The van der Waals surface area contributed by atoms with Gasteiger partial charge >= 0.3 is 5.97 Å². The maximum absolute atomic E-state index is 12.2. The number of hydrogen-bond acceptors (Lipinski definition) is 4. The molecule has 2 N–H and O–H groups in total. The van der Waals surface area contributed by atoms with Crippen molar-refractivity contribution in [3.05, 3.63) is 29.8 Å². The van der Waals surface area contributed by atoms with Gasteiger partial charge in [-0.25, -0.2) is 13.1 Å². The summed E-state index contributed by atoms with van der Waals surface area (Å²) in [6, 6.07) is 5.53. The highest BCUT2D eigenvalue weighted by atomic mass is 32.2. The summed E-state index contributed by atoms with van der Waals surface area (Å²) in [4.78, 5) is 24.0. The number of hydrogen-bond donors (Lipinski definition) is 2. The number of carboxylic acids is 1. The van der Waals surface area contributed by atoms with E-state index in [-0.39, 0.29) is 23.8 Å². The van der Waals surface area contributed by atoms with Crippen LogP contribution in [0, 0.1) is 0 Å². The molecule has 0 unspecified atom stereocenters. The Morgan fingerprint density at radius 1 is 1.17 bits per heavy atom. The van der Waals surface area contributed by atoms with Crippen molar-refractivity contribution in [3.63, 3.8) is 0 Å². The van der Waals surface area contributed by atoms with E-state index in [9.17, 15) is 18.0 Å². The first-order chi connectivity index (χ1) is 10.4. The fourth-order valence-corrected chi connectivity index (χ4v) is 3.24. The molecule has 7 nitrogen and oxygen atoms in total. The summed E-state index contributed by atoms with van der Waals surface area (Å²) in [5, 5.41) is 8.62. The Balaban J connectivity index is 2.88. The average Bonchev–Trinajstić information content (AvgIpc) is 2.41. The zero-order chi connectivity index (χ0) is 17.8. The van der Waals surface area contributed by atoms with Gasteiger partial charge in [0.2, 0.25) is 10.0 Å². The van der Waals surface area contributed by atoms with Gasteiger partial charge < -0.3 is 10.0 Å². The molecule has 0 aromatic heterocycles. The van der Waals surface area contributed by atoms with Crippen LogP contribution < -0.4 is 4.72 Å². The first-order valence-corrected chi connectivity index (χ1v) is 8.52. The van der Waals surface area contributed by atoms with Gasteiger partial charge in [0, 0.05) is 24.7 Å². The third-order valence-electron chi connectivity index (χ3n) is 2.86. The van der Waals surface area contributed by atoms with Gasteiger partial charge in [-0.15, -0.1) is 0 Å². The fourth-order valence-electron chi connectivity index (χ4n) is 1.82. The molecule has 0 atom stereocenters. The molecule has 0 heterocycles. The topological polar surface area (TPSA) is 104 Å². The van der Waals surface area contributed by atoms with Gasteiger partial charge in [-0.2, -0.15) is 0 Å². The molecule has 0 saturated carbocycles. The van der Waals surface area contributed by atoms with Crippen molar-refractivity contribution in [3.8, 4) is 0 Å². The number of carboxylic acid groups (broad SMARTS) is 1. The number of carbonyl (C=O) groups is 2. The molecule has 0 radical (unpaired) electrons. The molecule has 0 spiro atoms. The molecule has 1 rings (SSSR count). The minimum Gasteiger partial charge on any atom is -0.481 e. The van der Waals surface area contributed by atoms with E-state index in [4.69, 9.17) is 5.11 Å². The van der Waals surface area contributed by atoms with Crippen LogP contribution in [0.25, 0.3) is 0 Å². The van der Waals surface area contributed by atoms with E-state index in [1.54, 1.807) is 20.8 Å². The Kier molecular flexibility index (Phi) is 5.90. The number of amides is 1. The molecule has 0 bridgehead atoms. The van der Waals surface area contributed by atoms with Gasteiger partial charge in [0.1, 0.15) is 0 Å². The summed E-state index contributed by atoms with van der Waals surface area (Å²) in [5.41, 5.74) is -0.308. The number of nitrogens with one attached hydrogen (secondary N) is 1.